The number of nitrogens with zero attached hydrogens (tertiary/aromatic N) is 1. The Labute approximate surface area is 99.1 Å². The fraction of sp³-hybridized carbons (Fsp3) is 0.154. The fourth-order valence-corrected chi connectivity index (χ4v) is 1.46. The van der Waals surface area contributed by atoms with E-state index in [2.05, 4.69) is 4.98 Å². The first kappa shape index (κ1) is 11.5. The lowest BCUT2D eigenvalue weighted by molar-refractivity contribution is 0.449. The third-order valence-electron chi connectivity index (χ3n) is 2.38. The zero-order valence-electron chi connectivity index (χ0n) is 9.48. The van der Waals surface area contributed by atoms with E-state index in [1.54, 1.807) is 24.4 Å². The second-order valence-electron chi connectivity index (χ2n) is 3.70. The van der Waals surface area contributed by atoms with Gasteiger partial charge in [-0.2, -0.15) is 0 Å². The summed E-state index contributed by atoms with van der Waals surface area (Å²) in [7, 11) is 0. The average molecular weight is 232 g/mol. The predicted molar refractivity (Wildman–Crippen MR) is 63.3 cm³/mol. The summed E-state index contributed by atoms with van der Waals surface area (Å²) in [5, 5.41) is 0. The lowest BCUT2D eigenvalue weighted by atomic mass is 10.2. The first-order valence-electron chi connectivity index (χ1n) is 5.28. The minimum Gasteiger partial charge on any atom is -0.439 e. The second-order valence-corrected chi connectivity index (χ2v) is 3.70. The Balaban J connectivity index is 2.29. The molecule has 2 rings (SSSR count). The van der Waals surface area contributed by atoms with Crippen molar-refractivity contribution in [3.63, 3.8) is 0 Å². The van der Waals surface area contributed by atoms with Crippen LogP contribution >= 0.6 is 0 Å². The van der Waals surface area contributed by atoms with Crippen molar-refractivity contribution >= 4 is 0 Å². The quantitative estimate of drug-likeness (QED) is 0.885. The Hall–Kier alpha value is -1.94. The maximum Gasteiger partial charge on any atom is 0.219 e. The molecule has 0 fully saturated rings. The third-order valence-corrected chi connectivity index (χ3v) is 2.38. The fourth-order valence-electron chi connectivity index (χ4n) is 1.46. The summed E-state index contributed by atoms with van der Waals surface area (Å²) < 4.78 is 18.9. The Kier molecular flexibility index (Phi) is 3.35. The van der Waals surface area contributed by atoms with Crippen LogP contribution in [0, 0.1) is 12.7 Å². The topological polar surface area (TPSA) is 48.1 Å². The molecule has 0 amide bonds. The van der Waals surface area contributed by atoms with E-state index < -0.39 is 0 Å². The van der Waals surface area contributed by atoms with Gasteiger partial charge in [-0.15, -0.1) is 0 Å². The molecule has 17 heavy (non-hydrogen) atoms. The van der Waals surface area contributed by atoms with E-state index in [4.69, 9.17) is 10.5 Å². The standard InChI is InChI=1S/C13H13FN2O/c1-9-5-6-13(16-8-9)17-12-4-2-3-11(14)10(12)7-15/h2-6,8H,7,15H2,1H3. The van der Waals surface area contributed by atoms with Crippen LogP contribution in [0.2, 0.25) is 0 Å². The highest BCUT2D eigenvalue weighted by Crippen LogP contribution is 2.25. The maximum absolute atomic E-state index is 13.4. The van der Waals surface area contributed by atoms with E-state index in [-0.39, 0.29) is 12.4 Å². The van der Waals surface area contributed by atoms with Crippen LogP contribution in [0.25, 0.3) is 0 Å². The largest absolute Gasteiger partial charge is 0.439 e. The number of aromatic nitrogens is 1. The number of nitrogens with two attached hydrogens (primary N) is 1. The number of hydrogen-bond donors (Lipinski definition) is 1. The van der Waals surface area contributed by atoms with Crippen molar-refractivity contribution in [2.45, 2.75) is 13.5 Å². The summed E-state index contributed by atoms with van der Waals surface area (Å²) in [4.78, 5) is 4.09. The molecule has 0 bridgehead atoms. The maximum atomic E-state index is 13.4. The van der Waals surface area contributed by atoms with Gasteiger partial charge in [0.1, 0.15) is 11.6 Å². The number of aryl methyl sites for hydroxylation is 1. The molecule has 0 unspecified atom stereocenters. The highest BCUT2D eigenvalue weighted by atomic mass is 19.1. The van der Waals surface area contributed by atoms with E-state index in [9.17, 15) is 4.39 Å². The van der Waals surface area contributed by atoms with E-state index in [0.717, 1.165) is 5.56 Å². The van der Waals surface area contributed by atoms with Crippen LogP contribution in [-0.4, -0.2) is 4.98 Å². The lowest BCUT2D eigenvalue weighted by Crippen LogP contribution is -2.02. The van der Waals surface area contributed by atoms with Crippen molar-refractivity contribution in [2.24, 2.45) is 5.73 Å². The number of halogens is 1. The minimum atomic E-state index is -0.364. The van der Waals surface area contributed by atoms with Gasteiger partial charge >= 0.3 is 0 Å². The highest BCUT2D eigenvalue weighted by Gasteiger charge is 2.08. The van der Waals surface area contributed by atoms with Gasteiger partial charge < -0.3 is 10.5 Å². The van der Waals surface area contributed by atoms with Gasteiger partial charge in [0, 0.05) is 24.4 Å². The van der Waals surface area contributed by atoms with E-state index in [0.29, 0.717) is 17.2 Å². The van der Waals surface area contributed by atoms with Gasteiger partial charge in [0.15, 0.2) is 0 Å². The molecule has 0 atom stereocenters. The first-order valence-corrected chi connectivity index (χ1v) is 5.28. The van der Waals surface area contributed by atoms with Crippen LogP contribution in [0.4, 0.5) is 4.39 Å². The Morgan fingerprint density at radius 3 is 2.76 bits per heavy atom. The molecule has 0 saturated carbocycles. The molecule has 2 N–H and O–H groups in total. The zero-order valence-corrected chi connectivity index (χ0v) is 9.48. The van der Waals surface area contributed by atoms with Crippen molar-refractivity contribution in [1.82, 2.24) is 4.98 Å². The van der Waals surface area contributed by atoms with Crippen LogP contribution in [0.5, 0.6) is 11.6 Å². The van der Waals surface area contributed by atoms with Crippen LogP contribution in [0.15, 0.2) is 36.5 Å². The summed E-state index contributed by atoms with van der Waals surface area (Å²) in [6, 6.07) is 8.23. The van der Waals surface area contributed by atoms with Gasteiger partial charge in [0.2, 0.25) is 5.88 Å². The average Bonchev–Trinajstić information content (AvgIpc) is 2.32. The van der Waals surface area contributed by atoms with Crippen LogP contribution in [0.3, 0.4) is 0 Å². The molecule has 4 heteroatoms. The monoisotopic (exact) mass is 232 g/mol. The molecular formula is C13H13FN2O. The SMILES string of the molecule is Cc1ccc(Oc2cccc(F)c2CN)nc1. The second kappa shape index (κ2) is 4.93. The Morgan fingerprint density at radius 1 is 1.29 bits per heavy atom. The van der Waals surface area contributed by atoms with E-state index >= 15 is 0 Å². The summed E-state index contributed by atoms with van der Waals surface area (Å²) in [5.74, 6) is 0.469. The zero-order chi connectivity index (χ0) is 12.3. The lowest BCUT2D eigenvalue weighted by Gasteiger charge is -2.09. The van der Waals surface area contributed by atoms with Gasteiger partial charge in [-0.3, -0.25) is 0 Å². The third kappa shape index (κ3) is 2.60. The highest BCUT2D eigenvalue weighted by molar-refractivity contribution is 5.37. The number of hydrogen-bond acceptors (Lipinski definition) is 3. The van der Waals surface area contributed by atoms with Gasteiger partial charge in [-0.05, 0) is 24.6 Å². The van der Waals surface area contributed by atoms with Crippen molar-refractivity contribution in [2.75, 3.05) is 0 Å². The van der Waals surface area contributed by atoms with Gasteiger partial charge in [-0.1, -0.05) is 12.1 Å². The Morgan fingerprint density at radius 2 is 2.12 bits per heavy atom. The van der Waals surface area contributed by atoms with Gasteiger partial charge in [0.05, 0.1) is 0 Å². The normalized spacial score (nSPS) is 10.3. The van der Waals surface area contributed by atoms with Crippen LogP contribution in [0.1, 0.15) is 11.1 Å². The van der Waals surface area contributed by atoms with E-state index in [1.807, 2.05) is 13.0 Å². The summed E-state index contributed by atoms with van der Waals surface area (Å²) in [6.45, 7) is 2.03. The van der Waals surface area contributed by atoms with Gasteiger partial charge in [0.25, 0.3) is 0 Å². The minimum absolute atomic E-state index is 0.0911. The molecular weight excluding hydrogens is 219 g/mol. The molecule has 0 aliphatic heterocycles. The van der Waals surface area contributed by atoms with Crippen molar-refractivity contribution in [3.8, 4) is 11.6 Å². The molecule has 0 radical (unpaired) electrons. The van der Waals surface area contributed by atoms with Gasteiger partial charge in [-0.25, -0.2) is 9.37 Å². The predicted octanol–water partition coefficient (Wildman–Crippen LogP) is 2.78. The van der Waals surface area contributed by atoms with Crippen LogP contribution in [-0.2, 0) is 6.54 Å². The number of rotatable bonds is 3. The number of pyridine rings is 1. The number of benzene rings is 1. The molecule has 0 aliphatic rings. The molecule has 1 aromatic carbocycles. The summed E-state index contributed by atoms with van der Waals surface area (Å²) >= 11 is 0. The molecule has 3 nitrogen and oxygen atoms in total. The Bertz CT molecular complexity index is 511. The van der Waals surface area contributed by atoms with Crippen LogP contribution < -0.4 is 10.5 Å². The molecule has 0 saturated heterocycles. The number of ether oxygens (including phenoxy) is 1. The van der Waals surface area contributed by atoms with Crippen molar-refractivity contribution < 1.29 is 9.13 Å². The summed E-state index contributed by atoms with van der Waals surface area (Å²) in [5.41, 5.74) is 6.88. The molecule has 0 spiro atoms. The van der Waals surface area contributed by atoms with Crippen molar-refractivity contribution in [1.29, 1.82) is 0 Å². The molecule has 1 heterocycles. The molecule has 88 valence electrons. The molecule has 1 aromatic heterocycles. The molecule has 0 aliphatic carbocycles. The molecule has 2 aromatic rings. The first-order chi connectivity index (χ1) is 8.20. The van der Waals surface area contributed by atoms with Crippen molar-refractivity contribution in [3.05, 3.63) is 53.5 Å². The smallest absolute Gasteiger partial charge is 0.219 e. The summed E-state index contributed by atoms with van der Waals surface area (Å²) in [6.07, 6.45) is 1.69. The van der Waals surface area contributed by atoms with E-state index in [1.165, 1.54) is 6.07 Å².